The summed E-state index contributed by atoms with van der Waals surface area (Å²) in [6.07, 6.45) is 0. The van der Waals surface area contributed by atoms with Crippen LogP contribution in [0.25, 0.3) is 0 Å². The van der Waals surface area contributed by atoms with Gasteiger partial charge in [0.05, 0.1) is 22.3 Å². The zero-order valence-electron chi connectivity index (χ0n) is 9.73. The molecule has 4 nitrogen and oxygen atoms in total. The Morgan fingerprint density at radius 1 is 1.30 bits per heavy atom. The van der Waals surface area contributed by atoms with Gasteiger partial charge in [0.25, 0.3) is 10.0 Å². The largest absolute Gasteiger partial charge is 0.392 e. The predicted molar refractivity (Wildman–Crippen MR) is 85.2 cm³/mol. The highest BCUT2D eigenvalue weighted by atomic mass is 79.9. The van der Waals surface area contributed by atoms with Gasteiger partial charge in [-0.15, -0.1) is 11.3 Å². The summed E-state index contributed by atoms with van der Waals surface area (Å²) in [5, 5.41) is 10.9. The number of halogens is 3. The van der Waals surface area contributed by atoms with Gasteiger partial charge in [-0.05, 0) is 45.1 Å². The van der Waals surface area contributed by atoms with Crippen molar-refractivity contribution in [1.29, 1.82) is 0 Å². The molecule has 0 fully saturated rings. The van der Waals surface area contributed by atoms with Crippen LogP contribution in [-0.2, 0) is 16.6 Å². The molecule has 0 spiro atoms. The molecular weight excluding hydrogens is 409 g/mol. The minimum atomic E-state index is -3.76. The molecule has 0 atom stereocenters. The molecule has 2 N–H and O–H groups in total. The smallest absolute Gasteiger partial charge is 0.271 e. The number of sulfonamides is 1. The molecule has 9 heteroatoms. The zero-order chi connectivity index (χ0) is 14.9. The normalized spacial score (nSPS) is 11.6. The summed E-state index contributed by atoms with van der Waals surface area (Å²) in [6.45, 7) is -0.211. The van der Waals surface area contributed by atoms with Crippen LogP contribution in [0.5, 0.6) is 0 Å². The van der Waals surface area contributed by atoms with Gasteiger partial charge in [0, 0.05) is 4.47 Å². The molecule has 0 aliphatic carbocycles. The lowest BCUT2D eigenvalue weighted by Gasteiger charge is -2.10. The lowest BCUT2D eigenvalue weighted by atomic mass is 10.3. The number of hydrogen-bond acceptors (Lipinski definition) is 4. The first kappa shape index (κ1) is 16.1. The summed E-state index contributed by atoms with van der Waals surface area (Å²) < 4.78 is 27.4. The van der Waals surface area contributed by atoms with Crippen LogP contribution in [0.4, 0.5) is 5.69 Å². The molecular formula is C11H8BrCl2NO3S2. The number of benzene rings is 1. The van der Waals surface area contributed by atoms with Crippen molar-refractivity contribution < 1.29 is 13.5 Å². The van der Waals surface area contributed by atoms with Gasteiger partial charge in [0.1, 0.15) is 4.21 Å². The van der Waals surface area contributed by atoms with E-state index in [0.29, 0.717) is 10.0 Å². The second-order valence-corrected chi connectivity index (χ2v) is 8.19. The average Bonchev–Trinajstić information content (AvgIpc) is 2.89. The first-order valence-corrected chi connectivity index (χ1v) is 9.11. The lowest BCUT2D eigenvalue weighted by molar-refractivity contribution is 0.282. The fourth-order valence-electron chi connectivity index (χ4n) is 1.38. The predicted octanol–water partition coefficient (Wildman–Crippen LogP) is 4.11. The number of aliphatic hydroxyl groups is 1. The fraction of sp³-hybridized carbons (Fsp3) is 0.0909. The number of rotatable bonds is 4. The van der Waals surface area contributed by atoms with Crippen molar-refractivity contribution in [2.75, 3.05) is 4.72 Å². The standard InChI is InChI=1S/C11H8BrCl2NO3S2/c12-7-1-2-8(11(14)10(7)13)15-20(17,18)9-3-6(4-16)5-19-9/h1-3,5,15-16H,4H2. The summed E-state index contributed by atoms with van der Waals surface area (Å²) in [5.74, 6) is 0. The first-order valence-electron chi connectivity index (χ1n) is 5.19. The maximum atomic E-state index is 12.2. The van der Waals surface area contributed by atoms with Gasteiger partial charge in [-0.3, -0.25) is 4.72 Å². The van der Waals surface area contributed by atoms with E-state index in [1.165, 1.54) is 12.1 Å². The monoisotopic (exact) mass is 415 g/mol. The van der Waals surface area contributed by atoms with E-state index >= 15 is 0 Å². The van der Waals surface area contributed by atoms with E-state index in [-0.39, 0.29) is 26.5 Å². The van der Waals surface area contributed by atoms with E-state index in [9.17, 15) is 8.42 Å². The van der Waals surface area contributed by atoms with Crippen molar-refractivity contribution >= 4 is 66.2 Å². The van der Waals surface area contributed by atoms with Crippen molar-refractivity contribution in [3.63, 3.8) is 0 Å². The third-order valence-electron chi connectivity index (χ3n) is 2.36. The van der Waals surface area contributed by atoms with Crippen LogP contribution in [0.3, 0.4) is 0 Å². The zero-order valence-corrected chi connectivity index (χ0v) is 14.5. The Kier molecular flexibility index (Phi) is 4.99. The molecule has 2 aromatic rings. The molecule has 0 amide bonds. The van der Waals surface area contributed by atoms with Gasteiger partial charge in [-0.25, -0.2) is 8.42 Å². The summed E-state index contributed by atoms with van der Waals surface area (Å²) >= 11 is 16.2. The highest BCUT2D eigenvalue weighted by Crippen LogP contribution is 2.37. The summed E-state index contributed by atoms with van der Waals surface area (Å²) in [5.41, 5.74) is 0.731. The summed E-state index contributed by atoms with van der Waals surface area (Å²) in [6, 6.07) is 4.51. The van der Waals surface area contributed by atoms with Gasteiger partial charge < -0.3 is 5.11 Å². The molecule has 0 radical (unpaired) electrons. The molecule has 0 bridgehead atoms. The number of nitrogens with one attached hydrogen (secondary N) is 1. The quantitative estimate of drug-likeness (QED) is 0.737. The van der Waals surface area contributed by atoms with Gasteiger partial charge in [0.2, 0.25) is 0 Å². The maximum absolute atomic E-state index is 12.2. The number of thiophene rings is 1. The van der Waals surface area contributed by atoms with Crippen LogP contribution >= 0.6 is 50.5 Å². The molecule has 108 valence electrons. The van der Waals surface area contributed by atoms with Gasteiger partial charge in [-0.2, -0.15) is 0 Å². The second-order valence-electron chi connectivity index (χ2n) is 3.76. The molecule has 0 saturated heterocycles. The number of aliphatic hydroxyl groups excluding tert-OH is 1. The van der Waals surface area contributed by atoms with Gasteiger partial charge in [-0.1, -0.05) is 23.2 Å². The molecule has 0 saturated carbocycles. The third kappa shape index (κ3) is 3.29. The highest BCUT2D eigenvalue weighted by Gasteiger charge is 2.19. The molecule has 1 aromatic carbocycles. The van der Waals surface area contributed by atoms with E-state index < -0.39 is 10.0 Å². The third-order valence-corrected chi connectivity index (χ3v) is 6.98. The summed E-state index contributed by atoms with van der Waals surface area (Å²) in [7, 11) is -3.76. The Labute approximate surface area is 138 Å². The Balaban J connectivity index is 2.36. The van der Waals surface area contributed by atoms with Crippen molar-refractivity contribution in [1.82, 2.24) is 0 Å². The van der Waals surface area contributed by atoms with E-state index in [1.807, 2.05) is 0 Å². The maximum Gasteiger partial charge on any atom is 0.271 e. The molecule has 0 aliphatic rings. The highest BCUT2D eigenvalue weighted by molar-refractivity contribution is 9.10. The van der Waals surface area contributed by atoms with Crippen LogP contribution < -0.4 is 4.72 Å². The SMILES string of the molecule is O=S(=O)(Nc1ccc(Br)c(Cl)c1Cl)c1cc(CO)cs1. The number of hydrogen-bond donors (Lipinski definition) is 2. The van der Waals surface area contributed by atoms with Crippen LogP contribution in [0.2, 0.25) is 10.0 Å². The van der Waals surface area contributed by atoms with E-state index in [0.717, 1.165) is 11.3 Å². The van der Waals surface area contributed by atoms with Crippen LogP contribution in [0.1, 0.15) is 5.56 Å². The van der Waals surface area contributed by atoms with E-state index in [4.69, 9.17) is 28.3 Å². The van der Waals surface area contributed by atoms with Crippen molar-refractivity contribution in [2.45, 2.75) is 10.8 Å². The summed E-state index contributed by atoms with van der Waals surface area (Å²) in [4.78, 5) is 0. The number of anilines is 1. The van der Waals surface area contributed by atoms with Crippen LogP contribution in [-0.4, -0.2) is 13.5 Å². The molecule has 1 heterocycles. The molecule has 0 aliphatic heterocycles. The first-order chi connectivity index (χ1) is 9.35. The van der Waals surface area contributed by atoms with Crippen LogP contribution in [0.15, 0.2) is 32.3 Å². The fourth-order valence-corrected chi connectivity index (χ4v) is 4.53. The second kappa shape index (κ2) is 6.21. The molecule has 2 rings (SSSR count). The molecule has 0 unspecified atom stereocenters. The van der Waals surface area contributed by atoms with Crippen molar-refractivity contribution in [3.8, 4) is 0 Å². The topological polar surface area (TPSA) is 66.4 Å². The van der Waals surface area contributed by atoms with Crippen molar-refractivity contribution in [3.05, 3.63) is 43.7 Å². The van der Waals surface area contributed by atoms with Crippen LogP contribution in [0, 0.1) is 0 Å². The van der Waals surface area contributed by atoms with Crippen molar-refractivity contribution in [2.24, 2.45) is 0 Å². The van der Waals surface area contributed by atoms with E-state index in [1.54, 1.807) is 11.4 Å². The van der Waals surface area contributed by atoms with Gasteiger partial charge >= 0.3 is 0 Å². The molecule has 20 heavy (non-hydrogen) atoms. The van der Waals surface area contributed by atoms with E-state index in [2.05, 4.69) is 20.7 Å². The minimum absolute atomic E-state index is 0.0941. The molecule has 1 aromatic heterocycles. The minimum Gasteiger partial charge on any atom is -0.392 e. The Morgan fingerprint density at radius 3 is 2.60 bits per heavy atom. The van der Waals surface area contributed by atoms with Gasteiger partial charge in [0.15, 0.2) is 0 Å². The Bertz CT molecular complexity index is 746. The lowest BCUT2D eigenvalue weighted by Crippen LogP contribution is -2.12. The Morgan fingerprint density at radius 2 is 2.00 bits per heavy atom. The Hall–Kier alpha value is -0.310. The average molecular weight is 417 g/mol.